The van der Waals surface area contributed by atoms with Crippen molar-refractivity contribution in [2.45, 2.75) is 19.8 Å². The van der Waals surface area contributed by atoms with Gasteiger partial charge in [-0.25, -0.2) is 18.9 Å². The number of urea groups is 1. The lowest BCUT2D eigenvalue weighted by Crippen LogP contribution is -2.22. The predicted molar refractivity (Wildman–Crippen MR) is 148 cm³/mol. The highest BCUT2D eigenvalue weighted by Gasteiger charge is 2.17. The maximum atomic E-state index is 14.9. The summed E-state index contributed by atoms with van der Waals surface area (Å²) in [7, 11) is 1.49. The minimum Gasteiger partial charge on any atom is -0.457 e. The van der Waals surface area contributed by atoms with E-state index < -0.39 is 11.8 Å². The second kappa shape index (κ2) is 10.9. The summed E-state index contributed by atoms with van der Waals surface area (Å²) in [6.07, 6.45) is 1.42. The molecular formula is C27H24FN7O3S. The smallest absolute Gasteiger partial charge is 0.324 e. The number of carbonyl (C=O) groups is 2. The van der Waals surface area contributed by atoms with Crippen molar-refractivity contribution in [3.63, 3.8) is 0 Å². The lowest BCUT2D eigenvalue weighted by Gasteiger charge is -2.12. The molecule has 5 aromatic rings. The standard InChI is InChI=1S/C27H24FN7O3S/c1-15(2)22-13-25(35(34-22)16-4-6-21-24(10-16)39-14-31-21)33-27(37)32-20-7-5-17(11-19(20)28)38-18-8-9-30-23(12-18)26(36)29-3/h4-15H,1-3H3,(H,29,36)(H2,32,33,37). The Hall–Kier alpha value is -4.84. The van der Waals surface area contributed by atoms with Crippen LogP contribution in [-0.4, -0.2) is 38.7 Å². The number of aromatic nitrogens is 4. The number of hydrogen-bond donors (Lipinski definition) is 3. The van der Waals surface area contributed by atoms with E-state index in [2.05, 4.69) is 31.0 Å². The summed E-state index contributed by atoms with van der Waals surface area (Å²) >= 11 is 1.51. The van der Waals surface area contributed by atoms with Gasteiger partial charge >= 0.3 is 6.03 Å². The average Bonchev–Trinajstić information content (AvgIpc) is 3.56. The molecule has 10 nitrogen and oxygen atoms in total. The Kier molecular flexibility index (Phi) is 7.19. The molecule has 0 spiro atoms. The summed E-state index contributed by atoms with van der Waals surface area (Å²) in [6, 6.07) is 13.9. The van der Waals surface area contributed by atoms with Gasteiger partial charge in [-0.15, -0.1) is 11.3 Å². The van der Waals surface area contributed by atoms with Gasteiger partial charge in [-0.3, -0.25) is 15.1 Å². The normalized spacial score (nSPS) is 11.0. The zero-order valence-electron chi connectivity index (χ0n) is 21.2. The molecule has 12 heteroatoms. The molecule has 3 heterocycles. The topological polar surface area (TPSA) is 123 Å². The number of anilines is 2. The number of amides is 3. The fourth-order valence-corrected chi connectivity index (χ4v) is 4.45. The number of halogens is 1. The van der Waals surface area contributed by atoms with E-state index in [4.69, 9.17) is 4.74 Å². The molecule has 0 bridgehead atoms. The van der Waals surface area contributed by atoms with E-state index in [1.165, 1.54) is 42.8 Å². The van der Waals surface area contributed by atoms with Gasteiger partial charge < -0.3 is 15.4 Å². The number of pyridine rings is 1. The molecule has 0 saturated carbocycles. The van der Waals surface area contributed by atoms with Crippen LogP contribution >= 0.6 is 11.3 Å². The van der Waals surface area contributed by atoms with Crippen LogP contribution in [0.25, 0.3) is 15.9 Å². The zero-order valence-corrected chi connectivity index (χ0v) is 22.0. The fraction of sp³-hybridized carbons (Fsp3) is 0.148. The number of hydrogen-bond acceptors (Lipinski definition) is 7. The summed E-state index contributed by atoms with van der Waals surface area (Å²) < 4.78 is 23.2. The molecule has 3 amide bonds. The minimum atomic E-state index is -0.699. The monoisotopic (exact) mass is 545 g/mol. The number of fused-ring (bicyclic) bond motifs is 1. The lowest BCUT2D eigenvalue weighted by molar-refractivity contribution is 0.0957. The molecule has 3 N–H and O–H groups in total. The van der Waals surface area contributed by atoms with Crippen LogP contribution in [0.15, 0.2) is 66.3 Å². The van der Waals surface area contributed by atoms with Crippen molar-refractivity contribution in [1.29, 1.82) is 0 Å². The van der Waals surface area contributed by atoms with Gasteiger partial charge in [0.2, 0.25) is 0 Å². The highest BCUT2D eigenvalue weighted by molar-refractivity contribution is 7.16. The molecule has 2 aromatic carbocycles. The molecule has 0 aliphatic rings. The Morgan fingerprint density at radius 3 is 2.59 bits per heavy atom. The highest BCUT2D eigenvalue weighted by Crippen LogP contribution is 2.28. The van der Waals surface area contributed by atoms with Crippen LogP contribution in [0.1, 0.15) is 35.9 Å². The van der Waals surface area contributed by atoms with Crippen molar-refractivity contribution in [2.75, 3.05) is 17.7 Å². The highest BCUT2D eigenvalue weighted by atomic mass is 32.1. The van der Waals surface area contributed by atoms with Crippen molar-refractivity contribution in [3.05, 3.63) is 83.5 Å². The number of nitrogens with zero attached hydrogens (tertiary/aromatic N) is 4. The first-order valence-corrected chi connectivity index (χ1v) is 12.9. The Morgan fingerprint density at radius 1 is 1.00 bits per heavy atom. The molecule has 0 atom stereocenters. The number of ether oxygens (including phenoxy) is 1. The van der Waals surface area contributed by atoms with Gasteiger partial charge in [0.15, 0.2) is 0 Å². The quantitative estimate of drug-likeness (QED) is 0.233. The Bertz CT molecular complexity index is 1680. The van der Waals surface area contributed by atoms with E-state index in [1.54, 1.807) is 22.3 Å². The van der Waals surface area contributed by atoms with Gasteiger partial charge in [0.05, 0.1) is 32.8 Å². The average molecular weight is 546 g/mol. The van der Waals surface area contributed by atoms with Gasteiger partial charge in [-0.2, -0.15) is 5.10 Å². The van der Waals surface area contributed by atoms with Crippen LogP contribution in [0, 0.1) is 5.82 Å². The van der Waals surface area contributed by atoms with Gasteiger partial charge in [0, 0.05) is 31.4 Å². The SMILES string of the molecule is CNC(=O)c1cc(Oc2ccc(NC(=O)Nc3cc(C(C)C)nn3-c3ccc4ncsc4c3)c(F)c2)ccn1. The van der Waals surface area contributed by atoms with Gasteiger partial charge in [-0.1, -0.05) is 13.8 Å². The van der Waals surface area contributed by atoms with Crippen molar-refractivity contribution in [2.24, 2.45) is 0 Å². The van der Waals surface area contributed by atoms with Crippen molar-refractivity contribution in [1.82, 2.24) is 25.1 Å². The third-order valence-corrected chi connectivity index (χ3v) is 6.53. The zero-order chi connectivity index (χ0) is 27.5. The second-order valence-electron chi connectivity index (χ2n) is 8.80. The molecule has 3 aromatic heterocycles. The Balaban J connectivity index is 1.32. The Labute approximate surface area is 226 Å². The van der Waals surface area contributed by atoms with E-state index in [0.29, 0.717) is 11.6 Å². The summed E-state index contributed by atoms with van der Waals surface area (Å²) in [4.78, 5) is 32.9. The van der Waals surface area contributed by atoms with Crippen LogP contribution < -0.4 is 20.7 Å². The minimum absolute atomic E-state index is 0.0399. The van der Waals surface area contributed by atoms with Gasteiger partial charge in [0.25, 0.3) is 5.91 Å². The van der Waals surface area contributed by atoms with Crippen LogP contribution in [0.4, 0.5) is 20.7 Å². The summed E-state index contributed by atoms with van der Waals surface area (Å²) in [5.74, 6) is -0.0129. The molecule has 0 radical (unpaired) electrons. The van der Waals surface area contributed by atoms with Crippen LogP contribution in [-0.2, 0) is 0 Å². The van der Waals surface area contributed by atoms with Crippen molar-refractivity contribution < 1.29 is 18.7 Å². The number of rotatable bonds is 7. The molecule has 0 aliphatic carbocycles. The third-order valence-electron chi connectivity index (χ3n) is 5.74. The predicted octanol–water partition coefficient (Wildman–Crippen LogP) is 5.94. The molecule has 0 unspecified atom stereocenters. The Morgan fingerprint density at radius 2 is 1.82 bits per heavy atom. The molecule has 198 valence electrons. The first kappa shape index (κ1) is 25.8. The lowest BCUT2D eigenvalue weighted by atomic mass is 10.1. The molecular weight excluding hydrogens is 521 g/mol. The van der Waals surface area contributed by atoms with Crippen molar-refractivity contribution in [3.8, 4) is 17.2 Å². The molecule has 39 heavy (non-hydrogen) atoms. The fourth-order valence-electron chi connectivity index (χ4n) is 3.74. The first-order chi connectivity index (χ1) is 18.8. The van der Waals surface area contributed by atoms with E-state index in [1.807, 2.05) is 32.0 Å². The number of nitrogens with one attached hydrogen (secondary N) is 3. The van der Waals surface area contributed by atoms with E-state index in [9.17, 15) is 14.0 Å². The maximum absolute atomic E-state index is 14.9. The number of carbonyl (C=O) groups excluding carboxylic acids is 2. The molecule has 5 rings (SSSR count). The van der Waals surface area contributed by atoms with Gasteiger partial charge in [-0.05, 0) is 42.3 Å². The summed E-state index contributed by atoms with van der Waals surface area (Å²) in [6.45, 7) is 4.01. The van der Waals surface area contributed by atoms with Crippen LogP contribution in [0.2, 0.25) is 0 Å². The molecule has 0 fully saturated rings. The first-order valence-electron chi connectivity index (χ1n) is 12.0. The molecule has 0 aliphatic heterocycles. The van der Waals surface area contributed by atoms with Crippen LogP contribution in [0.3, 0.4) is 0 Å². The molecule has 0 saturated heterocycles. The van der Waals surface area contributed by atoms with E-state index >= 15 is 0 Å². The van der Waals surface area contributed by atoms with Crippen molar-refractivity contribution >= 4 is 45.0 Å². The summed E-state index contributed by atoms with van der Waals surface area (Å²) in [5, 5.41) is 12.4. The van der Waals surface area contributed by atoms with Crippen LogP contribution in [0.5, 0.6) is 11.5 Å². The maximum Gasteiger partial charge on any atom is 0.324 e. The van der Waals surface area contributed by atoms with E-state index in [-0.39, 0.29) is 29.0 Å². The third kappa shape index (κ3) is 5.70. The second-order valence-corrected chi connectivity index (χ2v) is 9.69. The summed E-state index contributed by atoms with van der Waals surface area (Å²) in [5.41, 5.74) is 4.33. The number of thiazole rings is 1. The number of benzene rings is 2. The largest absolute Gasteiger partial charge is 0.457 e. The van der Waals surface area contributed by atoms with E-state index in [0.717, 1.165) is 27.7 Å². The van der Waals surface area contributed by atoms with Gasteiger partial charge in [0.1, 0.15) is 28.8 Å².